The summed E-state index contributed by atoms with van der Waals surface area (Å²) in [4.78, 5) is 24.4. The van der Waals surface area contributed by atoms with Gasteiger partial charge in [0, 0.05) is 18.2 Å². The quantitative estimate of drug-likeness (QED) is 0.749. The van der Waals surface area contributed by atoms with E-state index in [-0.39, 0.29) is 30.1 Å². The summed E-state index contributed by atoms with van der Waals surface area (Å²) in [5.74, 6) is 0.202. The third kappa shape index (κ3) is 4.95. The normalized spacial score (nSPS) is 19.2. The second-order valence-corrected chi connectivity index (χ2v) is 7.22. The summed E-state index contributed by atoms with van der Waals surface area (Å²) in [7, 11) is 0. The Balaban J connectivity index is 0.00000225. The summed E-state index contributed by atoms with van der Waals surface area (Å²) in [5, 5.41) is 5.92. The molecule has 5 nitrogen and oxygen atoms in total. The van der Waals surface area contributed by atoms with Gasteiger partial charge in [-0.2, -0.15) is 0 Å². The van der Waals surface area contributed by atoms with Gasteiger partial charge in [0.05, 0.1) is 5.54 Å². The summed E-state index contributed by atoms with van der Waals surface area (Å²) in [6.45, 7) is 0.435. The fourth-order valence-corrected chi connectivity index (χ4v) is 3.44. The maximum Gasteiger partial charge on any atom is 0.240 e. The Bertz CT molecular complexity index is 610. The molecular weight excluding hydrogens is 338 g/mol. The van der Waals surface area contributed by atoms with Crippen LogP contribution >= 0.6 is 12.4 Å². The molecule has 25 heavy (non-hydrogen) atoms. The van der Waals surface area contributed by atoms with Crippen LogP contribution in [0.2, 0.25) is 0 Å². The number of anilines is 1. The van der Waals surface area contributed by atoms with E-state index in [1.807, 2.05) is 24.3 Å². The largest absolute Gasteiger partial charge is 0.350 e. The summed E-state index contributed by atoms with van der Waals surface area (Å²) in [6, 6.07) is 7.65. The van der Waals surface area contributed by atoms with Gasteiger partial charge in [0.15, 0.2) is 0 Å². The number of benzene rings is 1. The lowest BCUT2D eigenvalue weighted by atomic mass is 9.82. The lowest BCUT2D eigenvalue weighted by Gasteiger charge is -2.31. The van der Waals surface area contributed by atoms with Crippen LogP contribution < -0.4 is 16.4 Å². The number of nitrogens with two attached hydrogens (primary N) is 1. The molecule has 0 heterocycles. The van der Waals surface area contributed by atoms with Crippen LogP contribution in [0.4, 0.5) is 5.69 Å². The highest BCUT2D eigenvalue weighted by molar-refractivity contribution is 5.93. The minimum Gasteiger partial charge on any atom is -0.350 e. The molecule has 2 amide bonds. The second-order valence-electron chi connectivity index (χ2n) is 7.22. The monoisotopic (exact) mass is 365 g/mol. The SMILES string of the molecule is Cl.NC1(C(=O)NCc2cccc(NC(=O)C3CCC3)c2)CCCCC1. The van der Waals surface area contributed by atoms with Gasteiger partial charge in [0.1, 0.15) is 0 Å². The fraction of sp³-hybridized carbons (Fsp3) is 0.579. The summed E-state index contributed by atoms with van der Waals surface area (Å²) in [5.41, 5.74) is 7.29. The van der Waals surface area contributed by atoms with Crippen LogP contribution in [-0.2, 0) is 16.1 Å². The lowest BCUT2D eigenvalue weighted by Crippen LogP contribution is -2.54. The maximum atomic E-state index is 12.4. The predicted octanol–water partition coefficient (Wildman–Crippen LogP) is 3.12. The van der Waals surface area contributed by atoms with E-state index < -0.39 is 5.54 Å². The van der Waals surface area contributed by atoms with Crippen LogP contribution in [0.1, 0.15) is 56.9 Å². The van der Waals surface area contributed by atoms with E-state index >= 15 is 0 Å². The Labute approximate surface area is 155 Å². The molecule has 1 aromatic carbocycles. The van der Waals surface area contributed by atoms with E-state index in [9.17, 15) is 9.59 Å². The van der Waals surface area contributed by atoms with E-state index in [1.54, 1.807) is 0 Å². The first-order chi connectivity index (χ1) is 11.6. The average molecular weight is 366 g/mol. The number of nitrogens with one attached hydrogen (secondary N) is 2. The summed E-state index contributed by atoms with van der Waals surface area (Å²) in [6.07, 6.45) is 7.84. The zero-order chi connectivity index (χ0) is 17.0. The van der Waals surface area contributed by atoms with Crippen molar-refractivity contribution in [2.45, 2.75) is 63.5 Å². The molecule has 0 atom stereocenters. The molecule has 6 heteroatoms. The van der Waals surface area contributed by atoms with Crippen molar-refractivity contribution in [3.63, 3.8) is 0 Å². The Morgan fingerprint density at radius 1 is 1.12 bits per heavy atom. The van der Waals surface area contributed by atoms with Crippen LogP contribution in [0.5, 0.6) is 0 Å². The molecule has 138 valence electrons. The molecule has 0 aromatic heterocycles. The van der Waals surface area contributed by atoms with E-state index in [1.165, 1.54) is 0 Å². The standard InChI is InChI=1S/C19H27N3O2.ClH/c20-19(10-2-1-3-11-19)18(24)21-13-14-6-4-9-16(12-14)22-17(23)15-7-5-8-15;/h4,6,9,12,15H,1-3,5,7-8,10-11,13,20H2,(H,21,24)(H,22,23);1H. The number of halogens is 1. The zero-order valence-corrected chi connectivity index (χ0v) is 15.4. The van der Waals surface area contributed by atoms with Gasteiger partial charge >= 0.3 is 0 Å². The molecule has 0 radical (unpaired) electrons. The van der Waals surface area contributed by atoms with Gasteiger partial charge in [-0.3, -0.25) is 9.59 Å². The van der Waals surface area contributed by atoms with Gasteiger partial charge in [0.2, 0.25) is 11.8 Å². The number of carbonyl (C=O) groups excluding carboxylic acids is 2. The van der Waals surface area contributed by atoms with E-state index in [2.05, 4.69) is 10.6 Å². The number of rotatable bonds is 5. The third-order valence-corrected chi connectivity index (χ3v) is 5.32. The Kier molecular flexibility index (Phi) is 6.85. The lowest BCUT2D eigenvalue weighted by molar-refractivity contribution is -0.127. The van der Waals surface area contributed by atoms with Crippen molar-refractivity contribution in [2.24, 2.45) is 11.7 Å². The minimum absolute atomic E-state index is 0. The van der Waals surface area contributed by atoms with Crippen molar-refractivity contribution in [1.82, 2.24) is 5.32 Å². The van der Waals surface area contributed by atoms with Crippen LogP contribution in [0.3, 0.4) is 0 Å². The molecule has 3 rings (SSSR count). The molecule has 4 N–H and O–H groups in total. The molecule has 2 fully saturated rings. The first-order valence-electron chi connectivity index (χ1n) is 9.04. The highest BCUT2D eigenvalue weighted by Crippen LogP contribution is 2.28. The van der Waals surface area contributed by atoms with Crippen molar-refractivity contribution < 1.29 is 9.59 Å². The number of hydrogen-bond donors (Lipinski definition) is 3. The Morgan fingerprint density at radius 2 is 1.84 bits per heavy atom. The van der Waals surface area contributed by atoms with Gasteiger partial charge in [-0.1, -0.05) is 37.8 Å². The van der Waals surface area contributed by atoms with Gasteiger partial charge in [0.25, 0.3) is 0 Å². The first-order valence-corrected chi connectivity index (χ1v) is 9.04. The fourth-order valence-electron chi connectivity index (χ4n) is 3.44. The number of amides is 2. The smallest absolute Gasteiger partial charge is 0.240 e. The van der Waals surface area contributed by atoms with Crippen molar-refractivity contribution in [3.8, 4) is 0 Å². The van der Waals surface area contributed by atoms with E-state index in [0.29, 0.717) is 6.54 Å². The molecule has 0 saturated heterocycles. The van der Waals surface area contributed by atoms with Crippen molar-refractivity contribution in [1.29, 1.82) is 0 Å². The summed E-state index contributed by atoms with van der Waals surface area (Å²) >= 11 is 0. The van der Waals surface area contributed by atoms with Gasteiger partial charge in [-0.25, -0.2) is 0 Å². The zero-order valence-electron chi connectivity index (χ0n) is 14.6. The minimum atomic E-state index is -0.714. The van der Waals surface area contributed by atoms with Gasteiger partial charge < -0.3 is 16.4 Å². The second kappa shape index (κ2) is 8.68. The number of hydrogen-bond acceptors (Lipinski definition) is 3. The van der Waals surface area contributed by atoms with E-state index in [4.69, 9.17) is 5.73 Å². The third-order valence-electron chi connectivity index (χ3n) is 5.32. The van der Waals surface area contributed by atoms with Gasteiger partial charge in [-0.15, -0.1) is 12.4 Å². The molecule has 2 aliphatic carbocycles. The average Bonchev–Trinajstić information content (AvgIpc) is 2.52. The van der Waals surface area contributed by atoms with E-state index in [0.717, 1.165) is 62.6 Å². The molecule has 0 unspecified atom stereocenters. The Hall–Kier alpha value is -1.59. The summed E-state index contributed by atoms with van der Waals surface area (Å²) < 4.78 is 0. The predicted molar refractivity (Wildman–Crippen MR) is 102 cm³/mol. The topological polar surface area (TPSA) is 84.2 Å². The van der Waals surface area contributed by atoms with Crippen LogP contribution in [0.25, 0.3) is 0 Å². The maximum absolute atomic E-state index is 12.4. The van der Waals surface area contributed by atoms with Gasteiger partial charge in [-0.05, 0) is 43.4 Å². The van der Waals surface area contributed by atoms with Crippen LogP contribution in [0, 0.1) is 5.92 Å². The molecule has 1 aromatic rings. The number of carbonyl (C=O) groups is 2. The Morgan fingerprint density at radius 3 is 2.48 bits per heavy atom. The molecule has 0 bridgehead atoms. The van der Waals surface area contributed by atoms with Crippen molar-refractivity contribution in [2.75, 3.05) is 5.32 Å². The van der Waals surface area contributed by atoms with Crippen LogP contribution in [-0.4, -0.2) is 17.4 Å². The molecule has 2 saturated carbocycles. The van der Waals surface area contributed by atoms with Crippen LogP contribution in [0.15, 0.2) is 24.3 Å². The highest BCUT2D eigenvalue weighted by Gasteiger charge is 2.34. The molecule has 0 aliphatic heterocycles. The molecule has 0 spiro atoms. The van der Waals surface area contributed by atoms with Crippen molar-refractivity contribution >= 4 is 29.9 Å². The first kappa shape index (κ1) is 19.7. The highest BCUT2D eigenvalue weighted by atomic mass is 35.5. The van der Waals surface area contributed by atoms with Crippen molar-refractivity contribution in [3.05, 3.63) is 29.8 Å². The molecule has 2 aliphatic rings. The molecular formula is C19H28ClN3O2.